The van der Waals surface area contributed by atoms with Crippen LogP contribution in [-0.4, -0.2) is 31.5 Å². The number of aliphatic hydroxyl groups is 1. The summed E-state index contributed by atoms with van der Waals surface area (Å²) >= 11 is 0. The van der Waals surface area contributed by atoms with Gasteiger partial charge in [0, 0.05) is 6.61 Å². The molecule has 126 valence electrons. The maximum Gasteiger partial charge on any atom is 0.161 e. The fourth-order valence-electron chi connectivity index (χ4n) is 2.37. The van der Waals surface area contributed by atoms with Crippen molar-refractivity contribution in [2.45, 2.75) is 46.0 Å². The van der Waals surface area contributed by atoms with Gasteiger partial charge in [-0.1, -0.05) is 26.8 Å². The molecule has 4 nitrogen and oxygen atoms in total. The van der Waals surface area contributed by atoms with Crippen LogP contribution in [0, 0.1) is 5.92 Å². The highest BCUT2D eigenvalue weighted by Gasteiger charge is 2.15. The van der Waals surface area contributed by atoms with E-state index < -0.39 is 0 Å². The SMILES string of the molecule is CCCOc1ccc(C(C)CC(CN)CO)cc1OCCC. The molecular formula is C18H31NO3. The van der Waals surface area contributed by atoms with Crippen LogP contribution in [0.5, 0.6) is 11.5 Å². The molecule has 4 heteroatoms. The highest BCUT2D eigenvalue weighted by atomic mass is 16.5. The highest BCUT2D eigenvalue weighted by molar-refractivity contribution is 5.44. The summed E-state index contributed by atoms with van der Waals surface area (Å²) in [5, 5.41) is 9.31. The van der Waals surface area contributed by atoms with Crippen molar-refractivity contribution in [3.63, 3.8) is 0 Å². The first-order valence-corrected chi connectivity index (χ1v) is 8.36. The van der Waals surface area contributed by atoms with E-state index in [1.165, 1.54) is 5.56 Å². The molecule has 1 aromatic rings. The van der Waals surface area contributed by atoms with Gasteiger partial charge in [0.1, 0.15) is 0 Å². The molecule has 0 amide bonds. The molecule has 0 fully saturated rings. The van der Waals surface area contributed by atoms with Crippen LogP contribution in [0.3, 0.4) is 0 Å². The summed E-state index contributed by atoms with van der Waals surface area (Å²) in [6.45, 7) is 8.36. The van der Waals surface area contributed by atoms with Gasteiger partial charge < -0.3 is 20.3 Å². The van der Waals surface area contributed by atoms with Crippen LogP contribution >= 0.6 is 0 Å². The topological polar surface area (TPSA) is 64.7 Å². The second-order valence-electron chi connectivity index (χ2n) is 5.82. The fourth-order valence-corrected chi connectivity index (χ4v) is 2.37. The molecule has 0 saturated carbocycles. The van der Waals surface area contributed by atoms with Crippen LogP contribution in [0.15, 0.2) is 18.2 Å². The largest absolute Gasteiger partial charge is 0.490 e. The molecule has 0 aliphatic heterocycles. The normalized spacial score (nSPS) is 13.7. The number of hydrogen-bond acceptors (Lipinski definition) is 4. The van der Waals surface area contributed by atoms with Gasteiger partial charge in [0.25, 0.3) is 0 Å². The molecule has 0 spiro atoms. The third-order valence-corrected chi connectivity index (χ3v) is 3.74. The summed E-state index contributed by atoms with van der Waals surface area (Å²) in [7, 11) is 0. The Morgan fingerprint density at radius 3 is 2.27 bits per heavy atom. The summed E-state index contributed by atoms with van der Waals surface area (Å²) in [5.74, 6) is 2.09. The van der Waals surface area contributed by atoms with Gasteiger partial charge in [0.05, 0.1) is 13.2 Å². The maximum atomic E-state index is 9.31. The van der Waals surface area contributed by atoms with Gasteiger partial charge in [0.2, 0.25) is 0 Å². The number of benzene rings is 1. The molecule has 1 aromatic carbocycles. The van der Waals surface area contributed by atoms with Gasteiger partial charge >= 0.3 is 0 Å². The van der Waals surface area contributed by atoms with E-state index in [0.717, 1.165) is 30.8 Å². The molecule has 0 aliphatic carbocycles. The van der Waals surface area contributed by atoms with E-state index in [1.54, 1.807) is 0 Å². The monoisotopic (exact) mass is 309 g/mol. The molecule has 0 heterocycles. The predicted octanol–water partition coefficient (Wildman–Crippen LogP) is 3.33. The first-order valence-electron chi connectivity index (χ1n) is 8.36. The lowest BCUT2D eigenvalue weighted by molar-refractivity contribution is 0.217. The lowest BCUT2D eigenvalue weighted by atomic mass is 9.90. The number of aliphatic hydroxyl groups excluding tert-OH is 1. The minimum Gasteiger partial charge on any atom is -0.490 e. The van der Waals surface area contributed by atoms with Gasteiger partial charge in [-0.15, -0.1) is 0 Å². The maximum absolute atomic E-state index is 9.31. The molecule has 0 bridgehead atoms. The standard InChI is InChI=1S/C18H31NO3/c1-4-8-21-17-7-6-16(11-18(17)22-9-5-2)14(3)10-15(12-19)13-20/h6-7,11,14-15,20H,4-5,8-10,12-13,19H2,1-3H3. The van der Waals surface area contributed by atoms with Crippen molar-refractivity contribution in [2.75, 3.05) is 26.4 Å². The van der Waals surface area contributed by atoms with E-state index in [2.05, 4.69) is 32.9 Å². The Balaban J connectivity index is 2.86. The average Bonchev–Trinajstić information content (AvgIpc) is 2.55. The van der Waals surface area contributed by atoms with E-state index in [-0.39, 0.29) is 12.5 Å². The van der Waals surface area contributed by atoms with Crippen molar-refractivity contribution in [3.05, 3.63) is 23.8 Å². The van der Waals surface area contributed by atoms with Gasteiger partial charge in [-0.05, 0) is 55.3 Å². The number of hydrogen-bond donors (Lipinski definition) is 2. The summed E-state index contributed by atoms with van der Waals surface area (Å²) in [4.78, 5) is 0. The van der Waals surface area contributed by atoms with Crippen molar-refractivity contribution in [2.24, 2.45) is 11.7 Å². The molecular weight excluding hydrogens is 278 g/mol. The van der Waals surface area contributed by atoms with Gasteiger partial charge in [0.15, 0.2) is 11.5 Å². The third kappa shape index (κ3) is 5.85. The Morgan fingerprint density at radius 1 is 1.09 bits per heavy atom. The van der Waals surface area contributed by atoms with E-state index in [4.69, 9.17) is 15.2 Å². The minimum absolute atomic E-state index is 0.137. The van der Waals surface area contributed by atoms with E-state index >= 15 is 0 Å². The van der Waals surface area contributed by atoms with Gasteiger partial charge in [-0.3, -0.25) is 0 Å². The Kier molecular flexibility index (Phi) is 8.94. The zero-order chi connectivity index (χ0) is 16.4. The Labute approximate surface area is 134 Å². The van der Waals surface area contributed by atoms with Gasteiger partial charge in [-0.2, -0.15) is 0 Å². The Morgan fingerprint density at radius 2 is 1.73 bits per heavy atom. The molecule has 0 aliphatic rings. The highest BCUT2D eigenvalue weighted by Crippen LogP contribution is 2.33. The summed E-state index contributed by atoms with van der Waals surface area (Å²) in [6.07, 6.45) is 2.81. The minimum atomic E-state index is 0.137. The van der Waals surface area contributed by atoms with Gasteiger partial charge in [-0.25, -0.2) is 0 Å². The van der Waals surface area contributed by atoms with Crippen LogP contribution < -0.4 is 15.2 Å². The van der Waals surface area contributed by atoms with Crippen LogP contribution in [-0.2, 0) is 0 Å². The summed E-state index contributed by atoms with van der Waals surface area (Å²) in [5.41, 5.74) is 6.88. The van der Waals surface area contributed by atoms with Crippen molar-refractivity contribution in [1.29, 1.82) is 0 Å². The van der Waals surface area contributed by atoms with Crippen LogP contribution in [0.4, 0.5) is 0 Å². The van der Waals surface area contributed by atoms with Crippen molar-refractivity contribution < 1.29 is 14.6 Å². The molecule has 1 rings (SSSR count). The smallest absolute Gasteiger partial charge is 0.161 e. The first kappa shape index (κ1) is 18.8. The predicted molar refractivity (Wildman–Crippen MR) is 90.7 cm³/mol. The quantitative estimate of drug-likeness (QED) is 0.658. The molecule has 2 atom stereocenters. The molecule has 22 heavy (non-hydrogen) atoms. The number of nitrogens with two attached hydrogens (primary N) is 1. The average molecular weight is 309 g/mol. The van der Waals surface area contributed by atoms with Crippen molar-refractivity contribution in [1.82, 2.24) is 0 Å². The van der Waals surface area contributed by atoms with E-state index in [1.807, 2.05) is 6.07 Å². The fraction of sp³-hybridized carbons (Fsp3) is 0.667. The van der Waals surface area contributed by atoms with Crippen molar-refractivity contribution in [3.8, 4) is 11.5 Å². The number of ether oxygens (including phenoxy) is 2. The van der Waals surface area contributed by atoms with E-state index in [9.17, 15) is 5.11 Å². The zero-order valence-electron chi connectivity index (χ0n) is 14.2. The van der Waals surface area contributed by atoms with Crippen molar-refractivity contribution >= 4 is 0 Å². The molecule has 0 aromatic heterocycles. The van der Waals surface area contributed by atoms with Crippen LogP contribution in [0.1, 0.15) is 51.5 Å². The van der Waals surface area contributed by atoms with E-state index in [0.29, 0.717) is 25.7 Å². The Hall–Kier alpha value is -1.26. The third-order valence-electron chi connectivity index (χ3n) is 3.74. The molecule has 3 N–H and O–H groups in total. The van der Waals surface area contributed by atoms with Crippen LogP contribution in [0.2, 0.25) is 0 Å². The lowest BCUT2D eigenvalue weighted by Crippen LogP contribution is -2.20. The molecule has 2 unspecified atom stereocenters. The zero-order valence-corrected chi connectivity index (χ0v) is 14.2. The second-order valence-corrected chi connectivity index (χ2v) is 5.82. The molecule has 0 saturated heterocycles. The van der Waals surface area contributed by atoms with Crippen LogP contribution in [0.25, 0.3) is 0 Å². The lowest BCUT2D eigenvalue weighted by Gasteiger charge is -2.20. The summed E-state index contributed by atoms with van der Waals surface area (Å²) in [6, 6.07) is 6.14. The summed E-state index contributed by atoms with van der Waals surface area (Å²) < 4.78 is 11.6. The molecule has 0 radical (unpaired) electrons. The Bertz CT molecular complexity index is 419. The first-order chi connectivity index (χ1) is 10.7. The second kappa shape index (κ2) is 10.5. The number of rotatable bonds is 11.